The fraction of sp³-hybridized carbons (Fsp3) is 0.875. The first-order chi connectivity index (χ1) is 6.71. The first kappa shape index (κ1) is 13.3. The average Bonchev–Trinajstić information content (AvgIpc) is 2.39. The molecule has 1 aliphatic rings. The Hall–Kier alpha value is 0.260. The van der Waals surface area contributed by atoms with Gasteiger partial charge in [-0.25, -0.2) is 0 Å². The summed E-state index contributed by atoms with van der Waals surface area (Å²) in [4.78, 5) is 0. The summed E-state index contributed by atoms with van der Waals surface area (Å²) < 4.78 is 13.9. The second-order valence-corrected chi connectivity index (χ2v) is 5.87. The Balaban J connectivity index is 2.31. The van der Waals surface area contributed by atoms with Crippen molar-refractivity contribution in [2.75, 3.05) is 13.2 Å². The maximum Gasteiger partial charge on any atom is 0.265 e. The van der Waals surface area contributed by atoms with Gasteiger partial charge in [0.1, 0.15) is 12.7 Å². The van der Waals surface area contributed by atoms with E-state index in [2.05, 4.69) is 0 Å². The normalized spacial score (nSPS) is 25.3. The highest BCUT2D eigenvalue weighted by atomic mass is 35.6. The van der Waals surface area contributed by atoms with Gasteiger partial charge in [-0.05, 0) is 13.8 Å². The monoisotopic (exact) mass is 275 g/mol. The molecule has 1 atom stereocenters. The van der Waals surface area contributed by atoms with Crippen molar-refractivity contribution in [3.8, 4) is 0 Å². The zero-order valence-corrected chi connectivity index (χ0v) is 10.6. The molecule has 88 valence electrons. The van der Waals surface area contributed by atoms with Gasteiger partial charge in [-0.3, -0.25) is 5.41 Å². The minimum atomic E-state index is -1.82. The predicted molar refractivity (Wildman–Crippen MR) is 58.9 cm³/mol. The summed E-state index contributed by atoms with van der Waals surface area (Å²) >= 11 is 16.3. The number of rotatable bonds is 2. The number of hydrogen-bond donors (Lipinski definition) is 1. The molecule has 0 bridgehead atoms. The van der Waals surface area contributed by atoms with Crippen molar-refractivity contribution < 1.29 is 14.2 Å². The Kier molecular flexibility index (Phi) is 4.12. The maximum atomic E-state index is 7.29. The predicted octanol–water partition coefficient (Wildman–Crippen LogP) is 2.50. The van der Waals surface area contributed by atoms with Crippen LogP contribution in [0, 0.1) is 5.41 Å². The number of alkyl halides is 3. The minimum Gasteiger partial charge on any atom is -0.475 e. The van der Waals surface area contributed by atoms with E-state index in [0.29, 0.717) is 6.61 Å². The summed E-state index contributed by atoms with van der Waals surface area (Å²) in [5.41, 5.74) is 0. The highest BCUT2D eigenvalue weighted by Gasteiger charge is 2.35. The third-order valence-corrected chi connectivity index (χ3v) is 2.25. The van der Waals surface area contributed by atoms with Crippen LogP contribution in [0.3, 0.4) is 0 Å². The second kappa shape index (κ2) is 4.63. The third-order valence-electron chi connectivity index (χ3n) is 1.74. The van der Waals surface area contributed by atoms with Crippen LogP contribution in [0.1, 0.15) is 13.8 Å². The van der Waals surface area contributed by atoms with Crippen LogP contribution < -0.4 is 0 Å². The Morgan fingerprint density at radius 1 is 1.53 bits per heavy atom. The molecule has 0 aliphatic carbocycles. The topological polar surface area (TPSA) is 51.5 Å². The molecule has 0 amide bonds. The molecule has 15 heavy (non-hydrogen) atoms. The molecular weight excluding hydrogens is 264 g/mol. The highest BCUT2D eigenvalue weighted by molar-refractivity contribution is 6.76. The SMILES string of the molecule is CC1(C)OC[C@@H](COC(=N)C(Cl)(Cl)Cl)O1. The van der Waals surface area contributed by atoms with Gasteiger partial charge in [0.2, 0.25) is 5.90 Å². The van der Waals surface area contributed by atoms with Gasteiger partial charge in [0, 0.05) is 0 Å². The average molecular weight is 277 g/mol. The molecule has 1 fully saturated rings. The number of hydrogen-bond acceptors (Lipinski definition) is 4. The molecule has 1 aliphatic heterocycles. The molecular formula is C8H12Cl3NO3. The van der Waals surface area contributed by atoms with Crippen LogP contribution in [0.5, 0.6) is 0 Å². The zero-order valence-electron chi connectivity index (χ0n) is 8.35. The minimum absolute atomic E-state index is 0.135. The van der Waals surface area contributed by atoms with Crippen molar-refractivity contribution >= 4 is 40.7 Å². The van der Waals surface area contributed by atoms with Crippen LogP contribution >= 0.6 is 34.8 Å². The quantitative estimate of drug-likeness (QED) is 0.479. The summed E-state index contributed by atoms with van der Waals surface area (Å²) in [7, 11) is 0. The van der Waals surface area contributed by atoms with Gasteiger partial charge >= 0.3 is 0 Å². The molecule has 7 heteroatoms. The summed E-state index contributed by atoms with van der Waals surface area (Å²) in [6.45, 7) is 4.14. The van der Waals surface area contributed by atoms with Gasteiger partial charge in [0.25, 0.3) is 3.79 Å². The van der Waals surface area contributed by atoms with E-state index in [1.165, 1.54) is 0 Å². The van der Waals surface area contributed by atoms with Gasteiger partial charge < -0.3 is 14.2 Å². The van der Waals surface area contributed by atoms with E-state index >= 15 is 0 Å². The van der Waals surface area contributed by atoms with Crippen molar-refractivity contribution in [3.05, 3.63) is 0 Å². The molecule has 0 aromatic carbocycles. The van der Waals surface area contributed by atoms with E-state index in [-0.39, 0.29) is 12.7 Å². The van der Waals surface area contributed by atoms with Gasteiger partial charge in [-0.1, -0.05) is 34.8 Å². The molecule has 0 aromatic heterocycles. The second-order valence-electron chi connectivity index (χ2n) is 3.59. The van der Waals surface area contributed by atoms with Crippen LogP contribution in [-0.4, -0.2) is 34.8 Å². The molecule has 0 spiro atoms. The lowest BCUT2D eigenvalue weighted by Crippen LogP contribution is -2.28. The van der Waals surface area contributed by atoms with Crippen molar-refractivity contribution in [1.82, 2.24) is 0 Å². The standard InChI is InChI=1S/C8H12Cl3NO3/c1-7(2)14-4-5(15-7)3-13-6(12)8(9,10)11/h5,12H,3-4H2,1-2H3/t5-/m1/s1. The third kappa shape index (κ3) is 4.33. The summed E-state index contributed by atoms with van der Waals surface area (Å²) in [6.07, 6.45) is -0.243. The number of ether oxygens (including phenoxy) is 3. The smallest absolute Gasteiger partial charge is 0.265 e. The zero-order chi connectivity index (χ0) is 11.7. The molecule has 1 saturated heterocycles. The molecule has 1 rings (SSSR count). The van der Waals surface area contributed by atoms with Crippen molar-refractivity contribution in [2.45, 2.75) is 29.5 Å². The lowest BCUT2D eigenvalue weighted by atomic mass is 10.4. The van der Waals surface area contributed by atoms with E-state index in [1.54, 1.807) is 13.8 Å². The lowest BCUT2D eigenvalue weighted by molar-refractivity contribution is -0.141. The van der Waals surface area contributed by atoms with E-state index < -0.39 is 15.5 Å². The van der Waals surface area contributed by atoms with E-state index in [4.69, 9.17) is 54.4 Å². The van der Waals surface area contributed by atoms with Gasteiger partial charge in [0.15, 0.2) is 5.79 Å². The van der Waals surface area contributed by atoms with E-state index in [1.807, 2.05) is 0 Å². The number of halogens is 3. The fourth-order valence-electron chi connectivity index (χ4n) is 1.10. The molecule has 4 nitrogen and oxygen atoms in total. The lowest BCUT2D eigenvalue weighted by Gasteiger charge is -2.18. The molecule has 0 aromatic rings. The summed E-state index contributed by atoms with van der Waals surface area (Å²) in [6, 6.07) is 0. The Bertz CT molecular complexity index is 252. The van der Waals surface area contributed by atoms with Gasteiger partial charge in [0.05, 0.1) is 6.61 Å². The van der Waals surface area contributed by atoms with Crippen LogP contribution in [-0.2, 0) is 14.2 Å². The Morgan fingerprint density at radius 3 is 2.53 bits per heavy atom. The molecule has 0 saturated carbocycles. The first-order valence-electron chi connectivity index (χ1n) is 4.31. The van der Waals surface area contributed by atoms with Crippen molar-refractivity contribution in [2.24, 2.45) is 0 Å². The van der Waals surface area contributed by atoms with Crippen LogP contribution in [0.25, 0.3) is 0 Å². The van der Waals surface area contributed by atoms with Crippen molar-refractivity contribution in [1.29, 1.82) is 5.41 Å². The fourth-order valence-corrected chi connectivity index (χ4v) is 1.27. The molecule has 0 radical (unpaired) electrons. The summed E-state index contributed by atoms with van der Waals surface area (Å²) in [5, 5.41) is 7.29. The van der Waals surface area contributed by atoms with Crippen LogP contribution in [0.15, 0.2) is 0 Å². The Morgan fingerprint density at radius 2 is 2.13 bits per heavy atom. The van der Waals surface area contributed by atoms with E-state index in [0.717, 1.165) is 0 Å². The van der Waals surface area contributed by atoms with Crippen LogP contribution in [0.2, 0.25) is 0 Å². The van der Waals surface area contributed by atoms with Gasteiger partial charge in [-0.15, -0.1) is 0 Å². The largest absolute Gasteiger partial charge is 0.475 e. The van der Waals surface area contributed by atoms with Crippen LogP contribution in [0.4, 0.5) is 0 Å². The highest BCUT2D eigenvalue weighted by Crippen LogP contribution is 2.28. The Labute approximate surface area is 103 Å². The number of nitrogens with one attached hydrogen (secondary N) is 1. The molecule has 1 heterocycles. The molecule has 0 unspecified atom stereocenters. The van der Waals surface area contributed by atoms with Crippen molar-refractivity contribution in [3.63, 3.8) is 0 Å². The molecule has 1 N–H and O–H groups in total. The van der Waals surface area contributed by atoms with E-state index in [9.17, 15) is 0 Å². The van der Waals surface area contributed by atoms with Gasteiger partial charge in [-0.2, -0.15) is 0 Å². The maximum absolute atomic E-state index is 7.29. The summed E-state index contributed by atoms with van der Waals surface area (Å²) in [5.74, 6) is -1.03. The first-order valence-corrected chi connectivity index (χ1v) is 5.44.